The van der Waals surface area contributed by atoms with Crippen molar-refractivity contribution < 1.29 is 35.9 Å². The monoisotopic (exact) mass is 697 g/mol. The van der Waals surface area contributed by atoms with Gasteiger partial charge in [0.25, 0.3) is 5.91 Å². The number of nitrogens with one attached hydrogen (secondary N) is 2. The minimum atomic E-state index is -4.59. The third kappa shape index (κ3) is 8.15. The molecular weight excluding hydrogens is 656 g/mol. The molecule has 5 rings (SSSR count). The Balaban J connectivity index is 1.21. The number of amides is 2. The van der Waals surface area contributed by atoms with Gasteiger partial charge in [0, 0.05) is 24.7 Å². The number of likely N-dealkylation sites (tertiary alicyclic amines) is 1. The van der Waals surface area contributed by atoms with Crippen molar-refractivity contribution in [3.8, 4) is 11.1 Å². The Labute approximate surface area is 288 Å². The van der Waals surface area contributed by atoms with Crippen LogP contribution >= 0.6 is 0 Å². The van der Waals surface area contributed by atoms with E-state index >= 15 is 0 Å². The molecule has 0 spiro atoms. The second-order valence-electron chi connectivity index (χ2n) is 13.0. The molecule has 0 aromatic heterocycles. The number of alkyl halides is 6. The number of rotatable bonds is 11. The molecule has 1 saturated heterocycles. The number of unbranched alkanes of at least 4 members (excludes halogenated alkanes) is 1. The van der Waals surface area contributed by atoms with Crippen LogP contribution in [0.4, 0.5) is 26.3 Å². The van der Waals surface area contributed by atoms with E-state index in [0.717, 1.165) is 28.8 Å². The molecule has 3 aromatic rings. The third-order valence-electron chi connectivity index (χ3n) is 9.77. The average Bonchev–Trinajstić information content (AvgIpc) is 3.33. The fraction of sp³-hybridized carbons (Fsp3) is 0.385. The van der Waals surface area contributed by atoms with Gasteiger partial charge in [0.1, 0.15) is 6.54 Å². The molecule has 0 radical (unpaired) electrons. The lowest BCUT2D eigenvalue weighted by Gasteiger charge is -2.34. The Morgan fingerprint density at radius 3 is 2.24 bits per heavy atom. The molecule has 11 heteroatoms. The second kappa shape index (κ2) is 15.2. The first kappa shape index (κ1) is 36.9. The topological polar surface area (TPSA) is 61.4 Å². The molecule has 50 heavy (non-hydrogen) atoms. The van der Waals surface area contributed by atoms with Crippen molar-refractivity contribution in [3.63, 3.8) is 0 Å². The maximum atomic E-state index is 13.7. The van der Waals surface area contributed by atoms with Crippen LogP contribution in [0.3, 0.4) is 0 Å². The highest BCUT2D eigenvalue weighted by Crippen LogP contribution is 2.50. The van der Waals surface area contributed by atoms with Crippen LogP contribution in [0.25, 0.3) is 16.7 Å². The molecule has 266 valence electrons. The Morgan fingerprint density at radius 1 is 0.900 bits per heavy atom. The van der Waals surface area contributed by atoms with Crippen molar-refractivity contribution >= 4 is 17.4 Å². The van der Waals surface area contributed by atoms with Crippen molar-refractivity contribution in [2.24, 2.45) is 0 Å². The highest BCUT2D eigenvalue weighted by atomic mass is 19.4. The zero-order valence-electron chi connectivity index (χ0n) is 28.1. The lowest BCUT2D eigenvalue weighted by molar-refractivity contribution is -0.141. The van der Waals surface area contributed by atoms with Gasteiger partial charge < -0.3 is 15.5 Å². The molecule has 2 N–H and O–H groups in total. The molecule has 0 bridgehead atoms. The van der Waals surface area contributed by atoms with Gasteiger partial charge in [0.2, 0.25) is 5.91 Å². The molecule has 1 aliphatic carbocycles. The van der Waals surface area contributed by atoms with Gasteiger partial charge in [-0.15, -0.1) is 0 Å². The van der Waals surface area contributed by atoms with Gasteiger partial charge in [-0.25, -0.2) is 0 Å². The van der Waals surface area contributed by atoms with Crippen LogP contribution in [-0.4, -0.2) is 55.1 Å². The summed E-state index contributed by atoms with van der Waals surface area (Å²) in [5.74, 6) is -1.22. The molecule has 3 aromatic carbocycles. The number of nitrogens with zero attached hydrogens (tertiary/aromatic N) is 1. The summed E-state index contributed by atoms with van der Waals surface area (Å²) in [4.78, 5) is 29.3. The fourth-order valence-corrected chi connectivity index (χ4v) is 7.23. The first-order valence-electron chi connectivity index (χ1n) is 16.8. The summed E-state index contributed by atoms with van der Waals surface area (Å²) in [6.45, 7) is 4.28. The Kier molecular flexibility index (Phi) is 11.2. The first-order valence-corrected chi connectivity index (χ1v) is 16.8. The summed E-state index contributed by atoms with van der Waals surface area (Å²) in [6, 6.07) is 19.2. The molecular formula is C39H41F6N3O2. The highest BCUT2D eigenvalue weighted by molar-refractivity contribution is 6.02. The number of carbonyl (C=O) groups excluding carboxylic acids is 2. The fourth-order valence-electron chi connectivity index (χ4n) is 7.23. The summed E-state index contributed by atoms with van der Waals surface area (Å²) in [7, 11) is 0. The Hall–Kier alpha value is -4.38. The summed E-state index contributed by atoms with van der Waals surface area (Å²) in [6.07, 6.45) is -2.54. The van der Waals surface area contributed by atoms with Gasteiger partial charge in [-0.05, 0) is 91.6 Å². The molecule has 1 atom stereocenters. The predicted molar refractivity (Wildman–Crippen MR) is 182 cm³/mol. The summed E-state index contributed by atoms with van der Waals surface area (Å²) < 4.78 is 80.1. The van der Waals surface area contributed by atoms with Crippen LogP contribution in [0.15, 0.2) is 90.5 Å². The second-order valence-corrected chi connectivity index (χ2v) is 13.0. The zero-order valence-corrected chi connectivity index (χ0v) is 28.1. The minimum Gasteiger partial charge on any atom is -0.349 e. The number of hydrogen-bond donors (Lipinski definition) is 2. The van der Waals surface area contributed by atoms with Crippen molar-refractivity contribution in [1.82, 2.24) is 15.5 Å². The van der Waals surface area contributed by atoms with Crippen LogP contribution in [-0.2, 0) is 16.4 Å². The lowest BCUT2D eigenvalue weighted by atomic mass is 9.73. The summed E-state index contributed by atoms with van der Waals surface area (Å²) in [5, 5.41) is 5.11. The van der Waals surface area contributed by atoms with Crippen molar-refractivity contribution in [3.05, 3.63) is 113 Å². The lowest BCUT2D eigenvalue weighted by Crippen LogP contribution is -2.47. The maximum Gasteiger partial charge on any atom is 0.416 e. The van der Waals surface area contributed by atoms with E-state index in [9.17, 15) is 35.9 Å². The third-order valence-corrected chi connectivity index (χ3v) is 9.77. The number of benzene rings is 3. The van der Waals surface area contributed by atoms with Crippen molar-refractivity contribution in [2.45, 2.75) is 69.8 Å². The van der Waals surface area contributed by atoms with E-state index in [1.54, 1.807) is 36.4 Å². The number of hydrogen-bond acceptors (Lipinski definition) is 3. The molecule has 2 aliphatic rings. The zero-order chi connectivity index (χ0) is 36.1. The quantitative estimate of drug-likeness (QED) is 0.156. The van der Waals surface area contributed by atoms with Crippen LogP contribution < -0.4 is 10.6 Å². The van der Waals surface area contributed by atoms with E-state index in [-0.39, 0.29) is 11.6 Å². The molecule has 1 unspecified atom stereocenters. The standard InChI is InChI=1S/C39H41F6N3O2/c1-3-11-30-26(2)37(34-15-8-7-14-32(30)34,36(50)46-25-38(40,41)42)20-9-10-21-48-22-18-29(19-23-48)47-35(49)33-24-28(39(43,44)45)16-17-31(33)27-12-5-4-6-13-27/h3-8,11-17,24,29H,9-10,18-23,25H2,1-2H3,(H,46,50)(H,47,49)/b11-3-. The Bertz CT molecular complexity index is 1740. The highest BCUT2D eigenvalue weighted by Gasteiger charge is 2.48. The summed E-state index contributed by atoms with van der Waals surface area (Å²) >= 11 is 0. The van der Waals surface area contributed by atoms with Crippen LogP contribution in [0.5, 0.6) is 0 Å². The normalized spacial score (nSPS) is 18.8. The summed E-state index contributed by atoms with van der Waals surface area (Å²) in [5.41, 5.74) is 2.04. The Morgan fingerprint density at radius 2 is 1.58 bits per heavy atom. The number of fused-ring (bicyclic) bond motifs is 1. The predicted octanol–water partition coefficient (Wildman–Crippen LogP) is 8.72. The molecule has 5 nitrogen and oxygen atoms in total. The maximum absolute atomic E-state index is 13.7. The first-order chi connectivity index (χ1) is 23.7. The smallest absolute Gasteiger partial charge is 0.349 e. The van der Waals surface area contributed by atoms with E-state index in [1.165, 1.54) is 6.07 Å². The van der Waals surface area contributed by atoms with Crippen LogP contribution in [0, 0.1) is 0 Å². The van der Waals surface area contributed by atoms with E-state index < -0.39 is 41.7 Å². The van der Waals surface area contributed by atoms with E-state index in [2.05, 4.69) is 15.5 Å². The molecule has 0 saturated carbocycles. The van der Waals surface area contributed by atoms with Crippen LogP contribution in [0.2, 0.25) is 0 Å². The van der Waals surface area contributed by atoms with E-state index in [1.807, 2.05) is 44.2 Å². The van der Waals surface area contributed by atoms with Gasteiger partial charge in [0.15, 0.2) is 0 Å². The van der Waals surface area contributed by atoms with Crippen LogP contribution in [0.1, 0.15) is 73.0 Å². The van der Waals surface area contributed by atoms with Gasteiger partial charge in [-0.2, -0.15) is 26.3 Å². The largest absolute Gasteiger partial charge is 0.416 e. The van der Waals surface area contributed by atoms with Gasteiger partial charge in [-0.1, -0.05) is 79.2 Å². The number of halogens is 6. The number of piperidine rings is 1. The molecule has 2 amide bonds. The van der Waals surface area contributed by atoms with Crippen molar-refractivity contribution in [1.29, 1.82) is 0 Å². The number of carbonyl (C=O) groups is 2. The molecule has 1 heterocycles. The van der Waals surface area contributed by atoms with Gasteiger partial charge in [0.05, 0.1) is 11.0 Å². The van der Waals surface area contributed by atoms with Gasteiger partial charge >= 0.3 is 12.4 Å². The van der Waals surface area contributed by atoms with Gasteiger partial charge in [-0.3, -0.25) is 9.59 Å². The SMILES string of the molecule is C/C=C\C1=C(C)C(CCCCN2CCC(NC(=O)c3cc(C(F)(F)F)ccc3-c3ccccc3)CC2)(C(=O)NCC(F)(F)F)c2ccccc21. The molecule has 1 fully saturated rings. The number of allylic oxidation sites excluding steroid dienone is 3. The van der Waals surface area contributed by atoms with E-state index in [4.69, 9.17) is 0 Å². The van der Waals surface area contributed by atoms with Crippen molar-refractivity contribution in [2.75, 3.05) is 26.2 Å². The van der Waals surface area contributed by atoms with E-state index in [0.29, 0.717) is 68.4 Å². The average molecular weight is 698 g/mol. The minimum absolute atomic E-state index is 0.0305. The molecule has 1 aliphatic heterocycles.